The summed E-state index contributed by atoms with van der Waals surface area (Å²) in [6.45, 7) is 7.79. The maximum absolute atomic E-state index is 13.0. The number of H-pyrrole nitrogens is 1. The van der Waals surface area contributed by atoms with Gasteiger partial charge in [0, 0.05) is 23.7 Å². The van der Waals surface area contributed by atoms with Gasteiger partial charge in [0.05, 0.1) is 21.7 Å². The van der Waals surface area contributed by atoms with Crippen molar-refractivity contribution in [2.45, 2.75) is 20.4 Å². The molecule has 2 aromatic carbocycles. The standard InChI is InChI=1S/C23H24Cl2N6O/c1-3-30(4-2)11-12-31-21-8-6-5-7-18(21)26-23(31)27-22(32)20-14-19(28-29-20)16-10-9-15(24)13-17(16)25/h5-10,13-14H,3-4,11-12H2,1-2H3,(H,28,29)(H,26,27,32). The minimum atomic E-state index is -0.326. The summed E-state index contributed by atoms with van der Waals surface area (Å²) < 4.78 is 2.04. The van der Waals surface area contributed by atoms with Crippen LogP contribution in [0.2, 0.25) is 10.0 Å². The van der Waals surface area contributed by atoms with E-state index in [9.17, 15) is 4.79 Å². The topological polar surface area (TPSA) is 78.8 Å². The number of fused-ring (bicyclic) bond motifs is 1. The number of carbonyl (C=O) groups excluding carboxylic acids is 1. The van der Waals surface area contributed by atoms with Crippen molar-refractivity contribution in [1.82, 2.24) is 24.6 Å². The Bertz CT molecular complexity index is 1240. The molecule has 0 unspecified atom stereocenters. The van der Waals surface area contributed by atoms with E-state index in [4.69, 9.17) is 23.2 Å². The second kappa shape index (κ2) is 9.73. The van der Waals surface area contributed by atoms with Gasteiger partial charge in [0.25, 0.3) is 5.91 Å². The quantitative estimate of drug-likeness (QED) is 0.364. The van der Waals surface area contributed by atoms with E-state index in [2.05, 4.69) is 39.2 Å². The highest BCUT2D eigenvalue weighted by molar-refractivity contribution is 6.36. The van der Waals surface area contributed by atoms with Crippen LogP contribution < -0.4 is 5.32 Å². The average Bonchev–Trinajstić information content (AvgIpc) is 3.40. The molecule has 0 saturated carbocycles. The molecule has 2 N–H and O–H groups in total. The second-order valence-corrected chi connectivity index (χ2v) is 8.19. The molecule has 0 bridgehead atoms. The minimum absolute atomic E-state index is 0.313. The number of nitrogens with one attached hydrogen (secondary N) is 2. The number of hydrogen-bond donors (Lipinski definition) is 2. The third kappa shape index (κ3) is 4.65. The average molecular weight is 471 g/mol. The molecular formula is C23H24Cl2N6O. The Morgan fingerprint density at radius 2 is 1.91 bits per heavy atom. The lowest BCUT2D eigenvalue weighted by Gasteiger charge is -2.19. The van der Waals surface area contributed by atoms with Crippen LogP contribution in [0.1, 0.15) is 24.3 Å². The summed E-state index contributed by atoms with van der Waals surface area (Å²) in [5.74, 6) is 0.178. The first-order valence-electron chi connectivity index (χ1n) is 10.5. The summed E-state index contributed by atoms with van der Waals surface area (Å²) in [5, 5.41) is 11.0. The van der Waals surface area contributed by atoms with Crippen LogP contribution in [0.5, 0.6) is 0 Å². The van der Waals surface area contributed by atoms with Gasteiger partial charge in [-0.25, -0.2) is 4.98 Å². The molecule has 0 fully saturated rings. The van der Waals surface area contributed by atoms with Gasteiger partial charge in [0.2, 0.25) is 5.95 Å². The van der Waals surface area contributed by atoms with Crippen LogP contribution in [0, 0.1) is 0 Å². The number of hydrogen-bond acceptors (Lipinski definition) is 4. The van der Waals surface area contributed by atoms with Gasteiger partial charge in [-0.2, -0.15) is 5.10 Å². The van der Waals surface area contributed by atoms with Crippen molar-refractivity contribution in [3.8, 4) is 11.3 Å². The predicted octanol–water partition coefficient (Wildman–Crippen LogP) is 5.33. The van der Waals surface area contributed by atoms with E-state index in [1.165, 1.54) is 0 Å². The lowest BCUT2D eigenvalue weighted by molar-refractivity contribution is 0.102. The van der Waals surface area contributed by atoms with E-state index in [1.807, 2.05) is 28.8 Å². The molecule has 0 aliphatic rings. The first-order chi connectivity index (χ1) is 15.5. The Hall–Kier alpha value is -2.87. The number of aromatic nitrogens is 4. The van der Waals surface area contributed by atoms with Gasteiger partial charge in [-0.15, -0.1) is 0 Å². The molecule has 1 amide bonds. The van der Waals surface area contributed by atoms with Crippen LogP contribution in [0.3, 0.4) is 0 Å². The van der Waals surface area contributed by atoms with Crippen molar-refractivity contribution in [1.29, 1.82) is 0 Å². The molecule has 166 valence electrons. The van der Waals surface area contributed by atoms with Gasteiger partial charge < -0.3 is 9.47 Å². The van der Waals surface area contributed by atoms with Gasteiger partial charge in [-0.05, 0) is 49.5 Å². The zero-order valence-electron chi connectivity index (χ0n) is 17.9. The molecule has 4 aromatic rings. The second-order valence-electron chi connectivity index (χ2n) is 7.35. The Balaban J connectivity index is 1.59. The molecular weight excluding hydrogens is 447 g/mol. The summed E-state index contributed by atoms with van der Waals surface area (Å²) in [6.07, 6.45) is 0. The molecule has 2 aromatic heterocycles. The molecule has 32 heavy (non-hydrogen) atoms. The molecule has 7 nitrogen and oxygen atoms in total. The highest BCUT2D eigenvalue weighted by atomic mass is 35.5. The maximum Gasteiger partial charge on any atom is 0.275 e. The van der Waals surface area contributed by atoms with Crippen LogP contribution in [-0.2, 0) is 6.54 Å². The summed E-state index contributed by atoms with van der Waals surface area (Å²) >= 11 is 12.2. The predicted molar refractivity (Wildman–Crippen MR) is 130 cm³/mol. The molecule has 0 spiro atoms. The molecule has 2 heterocycles. The fourth-order valence-corrected chi connectivity index (χ4v) is 4.13. The third-order valence-corrected chi connectivity index (χ3v) is 5.99. The van der Waals surface area contributed by atoms with Crippen molar-refractivity contribution >= 4 is 46.1 Å². The highest BCUT2D eigenvalue weighted by Crippen LogP contribution is 2.29. The van der Waals surface area contributed by atoms with Gasteiger partial charge in [-0.1, -0.05) is 49.2 Å². The fourth-order valence-electron chi connectivity index (χ4n) is 3.62. The molecule has 9 heteroatoms. The minimum Gasteiger partial charge on any atom is -0.309 e. The SMILES string of the molecule is CCN(CC)CCn1c(NC(=O)c2cc(-c3ccc(Cl)cc3Cl)n[nH]2)nc2ccccc21. The first kappa shape index (κ1) is 22.3. The fraction of sp³-hybridized carbons (Fsp3) is 0.261. The number of imidazole rings is 1. The number of carbonyl (C=O) groups is 1. The van der Waals surface area contributed by atoms with E-state index in [-0.39, 0.29) is 5.91 Å². The number of amides is 1. The van der Waals surface area contributed by atoms with Gasteiger partial charge in [-0.3, -0.25) is 15.2 Å². The zero-order chi connectivity index (χ0) is 22.7. The van der Waals surface area contributed by atoms with Crippen LogP contribution in [0.15, 0.2) is 48.5 Å². The number of aromatic amines is 1. The zero-order valence-corrected chi connectivity index (χ0v) is 19.4. The summed E-state index contributed by atoms with van der Waals surface area (Å²) in [7, 11) is 0. The number of rotatable bonds is 8. The number of halogens is 2. The van der Waals surface area contributed by atoms with Crippen LogP contribution in [0.25, 0.3) is 22.3 Å². The van der Waals surface area contributed by atoms with E-state index in [0.29, 0.717) is 39.5 Å². The number of benzene rings is 2. The highest BCUT2D eigenvalue weighted by Gasteiger charge is 2.18. The molecule has 0 aliphatic heterocycles. The Kier molecular flexibility index (Phi) is 6.79. The maximum atomic E-state index is 13.0. The lowest BCUT2D eigenvalue weighted by Crippen LogP contribution is -2.27. The number of likely N-dealkylation sites (N-methyl/N-ethyl adjacent to an activating group) is 1. The molecule has 0 saturated heterocycles. The van der Waals surface area contributed by atoms with Crippen molar-refractivity contribution in [3.05, 3.63) is 64.3 Å². The van der Waals surface area contributed by atoms with Crippen molar-refractivity contribution < 1.29 is 4.79 Å². The summed E-state index contributed by atoms with van der Waals surface area (Å²) in [6, 6.07) is 14.7. The molecule has 0 radical (unpaired) electrons. The van der Waals surface area contributed by atoms with Crippen LogP contribution in [-0.4, -0.2) is 50.2 Å². The Labute approximate surface area is 196 Å². The van der Waals surface area contributed by atoms with Gasteiger partial charge in [0.1, 0.15) is 5.69 Å². The largest absolute Gasteiger partial charge is 0.309 e. The number of anilines is 1. The van der Waals surface area contributed by atoms with Crippen LogP contribution >= 0.6 is 23.2 Å². The molecule has 4 rings (SSSR count). The van der Waals surface area contributed by atoms with Gasteiger partial charge in [0.15, 0.2) is 0 Å². The normalized spacial score (nSPS) is 11.4. The van der Waals surface area contributed by atoms with Crippen molar-refractivity contribution in [3.63, 3.8) is 0 Å². The monoisotopic (exact) mass is 470 g/mol. The number of nitrogens with zero attached hydrogens (tertiary/aromatic N) is 4. The molecule has 0 atom stereocenters. The van der Waals surface area contributed by atoms with Gasteiger partial charge >= 0.3 is 0 Å². The third-order valence-electron chi connectivity index (χ3n) is 5.44. The van der Waals surface area contributed by atoms with E-state index < -0.39 is 0 Å². The first-order valence-corrected chi connectivity index (χ1v) is 11.3. The summed E-state index contributed by atoms with van der Waals surface area (Å²) in [5.41, 5.74) is 3.38. The van der Waals surface area contributed by atoms with Crippen LogP contribution in [0.4, 0.5) is 5.95 Å². The Morgan fingerprint density at radius 1 is 1.12 bits per heavy atom. The van der Waals surface area contributed by atoms with E-state index in [0.717, 1.165) is 30.7 Å². The van der Waals surface area contributed by atoms with E-state index in [1.54, 1.807) is 24.3 Å². The Morgan fingerprint density at radius 3 is 2.66 bits per heavy atom. The summed E-state index contributed by atoms with van der Waals surface area (Å²) in [4.78, 5) is 19.9. The molecule has 0 aliphatic carbocycles. The lowest BCUT2D eigenvalue weighted by atomic mass is 10.1. The van der Waals surface area contributed by atoms with Crippen molar-refractivity contribution in [2.75, 3.05) is 25.0 Å². The van der Waals surface area contributed by atoms with E-state index >= 15 is 0 Å². The smallest absolute Gasteiger partial charge is 0.275 e. The van der Waals surface area contributed by atoms with Crippen molar-refractivity contribution in [2.24, 2.45) is 0 Å². The number of para-hydroxylation sites is 2.